The summed E-state index contributed by atoms with van der Waals surface area (Å²) in [4.78, 5) is 10.5. The molecule has 0 aliphatic heterocycles. The Labute approximate surface area is 53.8 Å². The van der Waals surface area contributed by atoms with Gasteiger partial charge in [-0.3, -0.25) is 4.79 Å². The number of hydrogen-bond donors (Lipinski definition) is 0. The van der Waals surface area contributed by atoms with Crippen LogP contribution in [0.5, 0.6) is 0 Å². The maximum absolute atomic E-state index is 10.5. The summed E-state index contributed by atoms with van der Waals surface area (Å²) >= 11 is 0. The van der Waals surface area contributed by atoms with Gasteiger partial charge < -0.3 is 0 Å². The van der Waals surface area contributed by atoms with E-state index >= 15 is 0 Å². The lowest BCUT2D eigenvalue weighted by Gasteiger charge is -2.05. The number of ketones is 1. The van der Waals surface area contributed by atoms with E-state index in [1.165, 1.54) is 6.08 Å². The number of nitrogens with zero attached hydrogens (tertiary/aromatic N) is 1. The van der Waals surface area contributed by atoms with Crippen molar-refractivity contribution in [2.45, 2.75) is 12.8 Å². The summed E-state index contributed by atoms with van der Waals surface area (Å²) in [5.41, 5.74) is 0. The van der Waals surface area contributed by atoms with Gasteiger partial charge in [0.25, 0.3) is 0 Å². The van der Waals surface area contributed by atoms with Gasteiger partial charge in [-0.05, 0) is 12.5 Å². The Hall–Kier alpha value is -1.10. The van der Waals surface area contributed by atoms with Crippen molar-refractivity contribution in [3.63, 3.8) is 0 Å². The van der Waals surface area contributed by atoms with Crippen LogP contribution in [-0.2, 0) is 4.79 Å². The third-order valence-corrected chi connectivity index (χ3v) is 1.38. The molecule has 0 aromatic carbocycles. The van der Waals surface area contributed by atoms with Crippen molar-refractivity contribution >= 4 is 5.78 Å². The third-order valence-electron chi connectivity index (χ3n) is 1.38. The average Bonchev–Trinajstić information content (AvgIpc) is 1.90. The van der Waals surface area contributed by atoms with Crippen LogP contribution in [0.25, 0.3) is 0 Å². The zero-order chi connectivity index (χ0) is 6.69. The van der Waals surface area contributed by atoms with Crippen molar-refractivity contribution in [3.8, 4) is 6.07 Å². The predicted octanol–water partition coefficient (Wildman–Crippen LogP) is 1.05. The second-order valence-corrected chi connectivity index (χ2v) is 2.10. The van der Waals surface area contributed by atoms with E-state index in [9.17, 15) is 4.79 Å². The molecule has 0 spiro atoms. The first kappa shape index (κ1) is 6.03. The van der Waals surface area contributed by atoms with E-state index in [1.807, 2.05) is 0 Å². The molecule has 0 radical (unpaired) electrons. The standard InChI is InChI=1S/C7H7NO/c8-5-6-1-3-7(9)4-2-6/h1,3,6H,2,4H2/t6-/m1/s1. The molecule has 1 rings (SSSR count). The fourth-order valence-corrected chi connectivity index (χ4v) is 0.808. The van der Waals surface area contributed by atoms with E-state index in [-0.39, 0.29) is 11.7 Å². The Bertz CT molecular complexity index is 188. The highest BCUT2D eigenvalue weighted by molar-refractivity contribution is 5.90. The van der Waals surface area contributed by atoms with Crippen LogP contribution in [0.3, 0.4) is 0 Å². The van der Waals surface area contributed by atoms with E-state index in [2.05, 4.69) is 6.07 Å². The maximum Gasteiger partial charge on any atom is 0.155 e. The normalized spacial score (nSPS) is 25.7. The summed E-state index contributed by atoms with van der Waals surface area (Å²) in [7, 11) is 0. The summed E-state index contributed by atoms with van der Waals surface area (Å²) in [5, 5.41) is 8.36. The molecule has 2 heteroatoms. The molecule has 1 aliphatic carbocycles. The molecular formula is C7H7NO. The highest BCUT2D eigenvalue weighted by Gasteiger charge is 2.10. The van der Waals surface area contributed by atoms with Gasteiger partial charge in [-0.25, -0.2) is 0 Å². The SMILES string of the molecule is N#C[C@@H]1C=CC(=O)CC1. The lowest BCUT2D eigenvalue weighted by atomic mass is 9.97. The largest absolute Gasteiger partial charge is 0.295 e. The van der Waals surface area contributed by atoms with Gasteiger partial charge in [-0.2, -0.15) is 5.26 Å². The number of carbonyl (C=O) groups excluding carboxylic acids is 1. The predicted molar refractivity (Wildman–Crippen MR) is 32.5 cm³/mol. The van der Waals surface area contributed by atoms with Gasteiger partial charge >= 0.3 is 0 Å². The number of rotatable bonds is 0. The summed E-state index contributed by atoms with van der Waals surface area (Å²) < 4.78 is 0. The molecule has 0 amide bonds. The molecule has 0 bridgehead atoms. The first-order valence-corrected chi connectivity index (χ1v) is 2.93. The number of hydrogen-bond acceptors (Lipinski definition) is 2. The highest BCUT2D eigenvalue weighted by atomic mass is 16.1. The van der Waals surface area contributed by atoms with Gasteiger partial charge in [0.1, 0.15) is 0 Å². The van der Waals surface area contributed by atoms with E-state index in [0.29, 0.717) is 12.8 Å². The lowest BCUT2D eigenvalue weighted by molar-refractivity contribution is -0.115. The van der Waals surface area contributed by atoms with E-state index in [0.717, 1.165) is 0 Å². The van der Waals surface area contributed by atoms with E-state index < -0.39 is 0 Å². The summed E-state index contributed by atoms with van der Waals surface area (Å²) in [6, 6.07) is 2.09. The Morgan fingerprint density at radius 3 is 3.00 bits per heavy atom. The molecule has 0 fully saturated rings. The molecule has 46 valence electrons. The zero-order valence-electron chi connectivity index (χ0n) is 5.00. The topological polar surface area (TPSA) is 40.9 Å². The number of nitriles is 1. The molecule has 9 heavy (non-hydrogen) atoms. The van der Waals surface area contributed by atoms with Crippen LogP contribution >= 0.6 is 0 Å². The fraction of sp³-hybridized carbons (Fsp3) is 0.429. The van der Waals surface area contributed by atoms with Gasteiger partial charge in [0.05, 0.1) is 12.0 Å². The number of carbonyl (C=O) groups is 1. The molecule has 0 unspecified atom stereocenters. The second kappa shape index (κ2) is 2.45. The van der Waals surface area contributed by atoms with Crippen molar-refractivity contribution < 1.29 is 4.79 Å². The Morgan fingerprint density at radius 2 is 2.56 bits per heavy atom. The molecule has 1 atom stereocenters. The van der Waals surface area contributed by atoms with Crippen LogP contribution in [0, 0.1) is 17.2 Å². The molecule has 0 N–H and O–H groups in total. The molecule has 0 saturated heterocycles. The fourth-order valence-electron chi connectivity index (χ4n) is 0.808. The van der Waals surface area contributed by atoms with Crippen molar-refractivity contribution in [3.05, 3.63) is 12.2 Å². The van der Waals surface area contributed by atoms with Crippen LogP contribution in [0.4, 0.5) is 0 Å². The maximum atomic E-state index is 10.5. The molecule has 0 aromatic heterocycles. The first-order valence-electron chi connectivity index (χ1n) is 2.93. The quantitative estimate of drug-likeness (QED) is 0.480. The van der Waals surface area contributed by atoms with Crippen molar-refractivity contribution in [2.75, 3.05) is 0 Å². The van der Waals surface area contributed by atoms with Crippen LogP contribution in [0.2, 0.25) is 0 Å². The van der Waals surface area contributed by atoms with Crippen molar-refractivity contribution in [2.24, 2.45) is 5.92 Å². The summed E-state index contributed by atoms with van der Waals surface area (Å²) in [6.45, 7) is 0. The van der Waals surface area contributed by atoms with Crippen LogP contribution < -0.4 is 0 Å². The van der Waals surface area contributed by atoms with Crippen LogP contribution in [-0.4, -0.2) is 5.78 Å². The third kappa shape index (κ3) is 1.39. The van der Waals surface area contributed by atoms with E-state index in [4.69, 9.17) is 5.26 Å². The molecule has 0 heterocycles. The minimum absolute atomic E-state index is 0.0253. The van der Waals surface area contributed by atoms with Gasteiger partial charge in [0.15, 0.2) is 5.78 Å². The highest BCUT2D eigenvalue weighted by Crippen LogP contribution is 2.12. The molecular weight excluding hydrogens is 114 g/mol. The molecule has 2 nitrogen and oxygen atoms in total. The minimum atomic E-state index is -0.0253. The van der Waals surface area contributed by atoms with Gasteiger partial charge in [-0.15, -0.1) is 0 Å². The van der Waals surface area contributed by atoms with Gasteiger partial charge in [0, 0.05) is 6.42 Å². The molecule has 1 aliphatic rings. The first-order chi connectivity index (χ1) is 4.33. The van der Waals surface area contributed by atoms with Gasteiger partial charge in [-0.1, -0.05) is 6.08 Å². The summed E-state index contributed by atoms with van der Waals surface area (Å²) in [5.74, 6) is 0.115. The lowest BCUT2D eigenvalue weighted by Crippen LogP contribution is -2.04. The monoisotopic (exact) mass is 121 g/mol. The average molecular weight is 121 g/mol. The Kier molecular flexibility index (Phi) is 1.64. The van der Waals surface area contributed by atoms with Crippen molar-refractivity contribution in [1.82, 2.24) is 0 Å². The molecule has 0 aromatic rings. The Morgan fingerprint density at radius 1 is 1.78 bits per heavy atom. The zero-order valence-corrected chi connectivity index (χ0v) is 5.00. The van der Waals surface area contributed by atoms with Gasteiger partial charge in [0.2, 0.25) is 0 Å². The smallest absolute Gasteiger partial charge is 0.155 e. The number of allylic oxidation sites excluding steroid dienone is 2. The van der Waals surface area contributed by atoms with E-state index in [1.54, 1.807) is 6.08 Å². The summed E-state index contributed by atoms with van der Waals surface area (Å²) in [6.07, 6.45) is 4.41. The Balaban J connectivity index is 2.60. The van der Waals surface area contributed by atoms with Crippen LogP contribution in [0.15, 0.2) is 12.2 Å². The minimum Gasteiger partial charge on any atom is -0.295 e. The molecule has 0 saturated carbocycles. The van der Waals surface area contributed by atoms with Crippen LogP contribution in [0.1, 0.15) is 12.8 Å². The second-order valence-electron chi connectivity index (χ2n) is 2.10. The van der Waals surface area contributed by atoms with Crippen molar-refractivity contribution in [1.29, 1.82) is 5.26 Å².